The molecule has 1 aliphatic heterocycles. The second kappa shape index (κ2) is 8.09. The number of ether oxygens (including phenoxy) is 1. The number of hydrogen-bond acceptors (Lipinski definition) is 4. The van der Waals surface area contributed by atoms with Crippen molar-refractivity contribution in [2.24, 2.45) is 0 Å². The SMILES string of the molecule is CCOC(CN1CCN(c2ccccc2)CC1)c1cccnc1. The largest absolute Gasteiger partial charge is 0.372 e. The lowest BCUT2D eigenvalue weighted by Gasteiger charge is -2.37. The van der Waals surface area contributed by atoms with E-state index in [1.165, 1.54) is 11.3 Å². The first-order chi connectivity index (χ1) is 11.4. The third-order valence-electron chi connectivity index (χ3n) is 4.34. The molecule has 23 heavy (non-hydrogen) atoms. The molecule has 1 unspecified atom stereocenters. The summed E-state index contributed by atoms with van der Waals surface area (Å²) in [6.45, 7) is 7.98. The van der Waals surface area contributed by atoms with E-state index in [9.17, 15) is 0 Å². The van der Waals surface area contributed by atoms with Crippen molar-refractivity contribution >= 4 is 5.69 Å². The van der Waals surface area contributed by atoms with Gasteiger partial charge >= 0.3 is 0 Å². The Balaban J connectivity index is 1.56. The van der Waals surface area contributed by atoms with E-state index < -0.39 is 0 Å². The van der Waals surface area contributed by atoms with Crippen molar-refractivity contribution in [1.82, 2.24) is 9.88 Å². The minimum Gasteiger partial charge on any atom is -0.372 e. The Hall–Kier alpha value is -1.91. The molecule has 1 fully saturated rings. The maximum Gasteiger partial charge on any atom is 0.0966 e. The molecule has 0 amide bonds. The summed E-state index contributed by atoms with van der Waals surface area (Å²) in [6, 6.07) is 14.7. The molecule has 1 aromatic carbocycles. The molecule has 0 radical (unpaired) electrons. The molecule has 0 aliphatic carbocycles. The fourth-order valence-electron chi connectivity index (χ4n) is 3.08. The zero-order valence-electron chi connectivity index (χ0n) is 13.8. The number of pyridine rings is 1. The number of rotatable bonds is 6. The van der Waals surface area contributed by atoms with Crippen molar-refractivity contribution < 1.29 is 4.74 Å². The summed E-state index contributed by atoms with van der Waals surface area (Å²) < 4.78 is 5.95. The van der Waals surface area contributed by atoms with Crippen LogP contribution in [0.25, 0.3) is 0 Å². The van der Waals surface area contributed by atoms with Crippen LogP contribution in [-0.4, -0.2) is 49.2 Å². The highest BCUT2D eigenvalue weighted by Gasteiger charge is 2.21. The Kier molecular flexibility index (Phi) is 5.61. The maximum absolute atomic E-state index is 5.95. The van der Waals surface area contributed by atoms with Gasteiger partial charge in [-0.1, -0.05) is 24.3 Å². The van der Waals surface area contributed by atoms with E-state index in [1.54, 1.807) is 0 Å². The number of aromatic nitrogens is 1. The molecule has 0 spiro atoms. The third-order valence-corrected chi connectivity index (χ3v) is 4.34. The minimum atomic E-state index is 0.108. The summed E-state index contributed by atoms with van der Waals surface area (Å²) in [5.74, 6) is 0. The van der Waals surface area contributed by atoms with E-state index in [1.807, 2.05) is 18.5 Å². The van der Waals surface area contributed by atoms with Gasteiger partial charge in [0.1, 0.15) is 0 Å². The van der Waals surface area contributed by atoms with Gasteiger partial charge in [0.15, 0.2) is 0 Å². The number of hydrogen-bond donors (Lipinski definition) is 0. The smallest absolute Gasteiger partial charge is 0.0966 e. The monoisotopic (exact) mass is 311 g/mol. The molecular formula is C19H25N3O. The molecule has 1 aliphatic rings. The third kappa shape index (κ3) is 4.30. The van der Waals surface area contributed by atoms with Crippen LogP contribution in [0.15, 0.2) is 54.9 Å². The van der Waals surface area contributed by atoms with Gasteiger partial charge in [0.25, 0.3) is 0 Å². The highest BCUT2D eigenvalue weighted by atomic mass is 16.5. The van der Waals surface area contributed by atoms with Gasteiger partial charge < -0.3 is 9.64 Å². The summed E-state index contributed by atoms with van der Waals surface area (Å²) in [4.78, 5) is 9.17. The average molecular weight is 311 g/mol. The summed E-state index contributed by atoms with van der Waals surface area (Å²) in [5.41, 5.74) is 2.49. The minimum absolute atomic E-state index is 0.108. The summed E-state index contributed by atoms with van der Waals surface area (Å²) in [6.07, 6.45) is 3.84. The van der Waals surface area contributed by atoms with Gasteiger partial charge in [0.2, 0.25) is 0 Å². The predicted molar refractivity (Wildman–Crippen MR) is 93.7 cm³/mol. The number of benzene rings is 1. The first-order valence-corrected chi connectivity index (χ1v) is 8.40. The van der Waals surface area contributed by atoms with Gasteiger partial charge in [0, 0.05) is 63.0 Å². The molecule has 122 valence electrons. The molecular weight excluding hydrogens is 286 g/mol. The number of para-hydroxylation sites is 1. The van der Waals surface area contributed by atoms with Crippen LogP contribution in [0.5, 0.6) is 0 Å². The summed E-state index contributed by atoms with van der Waals surface area (Å²) >= 11 is 0. The van der Waals surface area contributed by atoms with Crippen LogP contribution < -0.4 is 4.90 Å². The van der Waals surface area contributed by atoms with Gasteiger partial charge in [-0.25, -0.2) is 0 Å². The zero-order valence-corrected chi connectivity index (χ0v) is 13.8. The molecule has 0 N–H and O–H groups in total. The maximum atomic E-state index is 5.95. The number of nitrogens with zero attached hydrogens (tertiary/aromatic N) is 3. The van der Waals surface area contributed by atoms with Crippen molar-refractivity contribution in [2.45, 2.75) is 13.0 Å². The summed E-state index contributed by atoms with van der Waals surface area (Å²) in [5, 5.41) is 0. The lowest BCUT2D eigenvalue weighted by Crippen LogP contribution is -2.47. The molecule has 0 bridgehead atoms. The zero-order chi connectivity index (χ0) is 15.9. The molecule has 1 saturated heterocycles. The van der Waals surface area contributed by atoms with E-state index in [2.05, 4.69) is 58.1 Å². The van der Waals surface area contributed by atoms with Crippen molar-refractivity contribution in [1.29, 1.82) is 0 Å². The molecule has 4 nitrogen and oxygen atoms in total. The van der Waals surface area contributed by atoms with Crippen LogP contribution in [0.3, 0.4) is 0 Å². The average Bonchev–Trinajstić information content (AvgIpc) is 2.63. The lowest BCUT2D eigenvalue weighted by atomic mass is 10.1. The molecule has 2 aromatic rings. The van der Waals surface area contributed by atoms with Crippen LogP contribution in [0.1, 0.15) is 18.6 Å². The number of piperazine rings is 1. The van der Waals surface area contributed by atoms with Gasteiger partial charge in [-0.2, -0.15) is 0 Å². The predicted octanol–water partition coefficient (Wildman–Crippen LogP) is 2.98. The first kappa shape index (κ1) is 16.0. The summed E-state index contributed by atoms with van der Waals surface area (Å²) in [7, 11) is 0. The quantitative estimate of drug-likeness (QED) is 0.820. The van der Waals surface area contributed by atoms with E-state index in [0.717, 1.165) is 39.3 Å². The van der Waals surface area contributed by atoms with Crippen LogP contribution in [0, 0.1) is 0 Å². The van der Waals surface area contributed by atoms with Crippen molar-refractivity contribution in [2.75, 3.05) is 44.2 Å². The second-order valence-electron chi connectivity index (χ2n) is 5.85. The van der Waals surface area contributed by atoms with Crippen molar-refractivity contribution in [3.05, 3.63) is 60.4 Å². The standard InChI is InChI=1S/C19H25N3O/c1-2-23-19(17-7-6-10-20-15-17)16-21-11-13-22(14-12-21)18-8-4-3-5-9-18/h3-10,15,19H,2,11-14,16H2,1H3. The van der Waals surface area contributed by atoms with Crippen LogP contribution in [0.4, 0.5) is 5.69 Å². The highest BCUT2D eigenvalue weighted by Crippen LogP contribution is 2.20. The number of anilines is 1. The van der Waals surface area contributed by atoms with Crippen molar-refractivity contribution in [3.63, 3.8) is 0 Å². The van der Waals surface area contributed by atoms with Gasteiger partial charge in [-0.15, -0.1) is 0 Å². The molecule has 1 atom stereocenters. The Morgan fingerprint density at radius 1 is 1.04 bits per heavy atom. The van der Waals surface area contributed by atoms with E-state index in [-0.39, 0.29) is 6.10 Å². The molecule has 2 heterocycles. The van der Waals surface area contributed by atoms with Gasteiger partial charge in [0.05, 0.1) is 6.10 Å². The fraction of sp³-hybridized carbons (Fsp3) is 0.421. The normalized spacial score (nSPS) is 17.2. The van der Waals surface area contributed by atoms with E-state index in [4.69, 9.17) is 4.74 Å². The van der Waals surface area contributed by atoms with E-state index >= 15 is 0 Å². The second-order valence-corrected chi connectivity index (χ2v) is 5.85. The molecule has 1 aromatic heterocycles. The Morgan fingerprint density at radius 3 is 2.48 bits per heavy atom. The Bertz CT molecular complexity index is 568. The molecule has 4 heteroatoms. The molecule has 0 saturated carbocycles. The topological polar surface area (TPSA) is 28.6 Å². The molecule has 3 rings (SSSR count). The van der Waals surface area contributed by atoms with Crippen LogP contribution in [0.2, 0.25) is 0 Å². The Labute approximate surface area is 138 Å². The first-order valence-electron chi connectivity index (χ1n) is 8.40. The highest BCUT2D eigenvalue weighted by molar-refractivity contribution is 5.46. The fourth-order valence-corrected chi connectivity index (χ4v) is 3.08. The van der Waals surface area contributed by atoms with Gasteiger partial charge in [-0.3, -0.25) is 9.88 Å². The van der Waals surface area contributed by atoms with Crippen LogP contribution >= 0.6 is 0 Å². The van der Waals surface area contributed by atoms with Crippen molar-refractivity contribution in [3.8, 4) is 0 Å². The van der Waals surface area contributed by atoms with Gasteiger partial charge in [-0.05, 0) is 25.1 Å². The lowest BCUT2D eigenvalue weighted by molar-refractivity contribution is 0.0309. The Morgan fingerprint density at radius 2 is 1.83 bits per heavy atom. The van der Waals surface area contributed by atoms with E-state index in [0.29, 0.717) is 0 Å². The van der Waals surface area contributed by atoms with Crippen LogP contribution in [-0.2, 0) is 4.74 Å².